The molecule has 2 aromatic carbocycles. The number of para-hydroxylation sites is 2. The quantitative estimate of drug-likeness (QED) is 0.874. The number of nitrogen functional groups attached to an aromatic ring is 1. The maximum absolute atomic E-state index is 12.4. The third-order valence-electron chi connectivity index (χ3n) is 3.32. The van der Waals surface area contributed by atoms with Crippen LogP contribution in [-0.2, 0) is 10.8 Å². The first-order valence-corrected chi connectivity index (χ1v) is 7.52. The molecule has 0 saturated carbocycles. The van der Waals surface area contributed by atoms with E-state index in [1.165, 1.54) is 0 Å². The first-order chi connectivity index (χ1) is 9.25. The third-order valence-corrected chi connectivity index (χ3v) is 4.88. The Bertz CT molecular complexity index is 627. The molecule has 1 aliphatic heterocycles. The van der Waals surface area contributed by atoms with Gasteiger partial charge in [0.05, 0.1) is 22.3 Å². The molecule has 2 N–H and O–H groups in total. The average molecular weight is 273 g/mol. The second-order valence-corrected chi connectivity index (χ2v) is 6.06. The van der Waals surface area contributed by atoms with E-state index < -0.39 is 10.8 Å². The van der Waals surface area contributed by atoms with Crippen LogP contribution in [0.15, 0.2) is 53.4 Å². The highest BCUT2D eigenvalue weighted by molar-refractivity contribution is 7.85. The van der Waals surface area contributed by atoms with E-state index in [-0.39, 0.29) is 5.92 Å². The molecule has 2 atom stereocenters. The van der Waals surface area contributed by atoms with Crippen molar-refractivity contribution < 1.29 is 8.95 Å². The van der Waals surface area contributed by atoms with Crippen molar-refractivity contribution in [3.05, 3.63) is 54.1 Å². The average Bonchev–Trinajstić information content (AvgIpc) is 2.83. The van der Waals surface area contributed by atoms with Crippen LogP contribution in [0.2, 0.25) is 0 Å². The highest BCUT2D eigenvalue weighted by atomic mass is 32.2. The first-order valence-electron chi connectivity index (χ1n) is 6.20. The number of ether oxygens (including phenoxy) is 1. The van der Waals surface area contributed by atoms with Crippen LogP contribution < -0.4 is 10.5 Å². The highest BCUT2D eigenvalue weighted by Gasteiger charge is 2.26. The van der Waals surface area contributed by atoms with Gasteiger partial charge in [0, 0.05) is 22.9 Å². The fraction of sp³-hybridized carbons (Fsp3) is 0.200. The summed E-state index contributed by atoms with van der Waals surface area (Å²) in [6.45, 7) is 0.595. The number of hydrogen-bond acceptors (Lipinski definition) is 3. The van der Waals surface area contributed by atoms with Crippen molar-refractivity contribution >= 4 is 16.5 Å². The summed E-state index contributed by atoms with van der Waals surface area (Å²) in [5, 5.41) is 0. The molecule has 2 unspecified atom stereocenters. The predicted molar refractivity (Wildman–Crippen MR) is 76.8 cm³/mol. The molecule has 98 valence electrons. The zero-order valence-electron chi connectivity index (χ0n) is 10.4. The Morgan fingerprint density at radius 2 is 1.89 bits per heavy atom. The van der Waals surface area contributed by atoms with E-state index in [0.29, 0.717) is 22.9 Å². The van der Waals surface area contributed by atoms with Crippen molar-refractivity contribution in [3.63, 3.8) is 0 Å². The molecule has 0 fully saturated rings. The van der Waals surface area contributed by atoms with E-state index >= 15 is 0 Å². The lowest BCUT2D eigenvalue weighted by atomic mass is 10.0. The minimum atomic E-state index is -1.10. The molecular weight excluding hydrogens is 258 g/mol. The molecule has 19 heavy (non-hydrogen) atoms. The topological polar surface area (TPSA) is 52.3 Å². The van der Waals surface area contributed by atoms with Crippen molar-refractivity contribution in [3.8, 4) is 5.75 Å². The summed E-state index contributed by atoms with van der Waals surface area (Å²) in [6.07, 6.45) is 0. The number of benzene rings is 2. The van der Waals surface area contributed by atoms with Gasteiger partial charge in [-0.15, -0.1) is 0 Å². The summed E-state index contributed by atoms with van der Waals surface area (Å²) in [7, 11) is -1.10. The summed E-state index contributed by atoms with van der Waals surface area (Å²) in [4.78, 5) is 0.715. The van der Waals surface area contributed by atoms with Crippen LogP contribution in [0.4, 0.5) is 5.69 Å². The molecule has 3 nitrogen and oxygen atoms in total. The number of anilines is 1. The zero-order valence-corrected chi connectivity index (χ0v) is 11.2. The minimum absolute atomic E-state index is 0.177. The molecule has 0 amide bonds. The summed E-state index contributed by atoms with van der Waals surface area (Å²) in [6, 6.07) is 15.3. The molecule has 0 spiro atoms. The first kappa shape index (κ1) is 12.2. The van der Waals surface area contributed by atoms with Crippen LogP contribution in [0, 0.1) is 0 Å². The molecule has 2 aromatic rings. The Hall–Kier alpha value is -1.81. The Morgan fingerprint density at radius 1 is 1.16 bits per heavy atom. The van der Waals surface area contributed by atoms with Gasteiger partial charge in [-0.1, -0.05) is 30.3 Å². The minimum Gasteiger partial charge on any atom is -0.493 e. The number of fused-ring (bicyclic) bond motifs is 1. The fourth-order valence-electron chi connectivity index (χ4n) is 2.33. The lowest BCUT2D eigenvalue weighted by molar-refractivity contribution is 0.338. The fourth-order valence-corrected chi connectivity index (χ4v) is 3.71. The standard InChI is InChI=1S/C15H15NO2S/c16-13-6-2-4-8-15(13)19(17)10-11-9-18-14-7-3-1-5-12(11)14/h1-8,11H,9-10,16H2. The Balaban J connectivity index is 1.81. The van der Waals surface area contributed by atoms with Gasteiger partial charge in [-0.3, -0.25) is 4.21 Å². The Kier molecular flexibility index (Phi) is 3.25. The lowest BCUT2D eigenvalue weighted by Gasteiger charge is -2.10. The van der Waals surface area contributed by atoms with Crippen molar-refractivity contribution in [1.82, 2.24) is 0 Å². The van der Waals surface area contributed by atoms with Crippen molar-refractivity contribution in [2.24, 2.45) is 0 Å². The van der Waals surface area contributed by atoms with E-state index in [2.05, 4.69) is 0 Å². The number of hydrogen-bond donors (Lipinski definition) is 1. The van der Waals surface area contributed by atoms with E-state index in [9.17, 15) is 4.21 Å². The van der Waals surface area contributed by atoms with Crippen LogP contribution in [0.25, 0.3) is 0 Å². The largest absolute Gasteiger partial charge is 0.493 e. The molecule has 0 bridgehead atoms. The highest BCUT2D eigenvalue weighted by Crippen LogP contribution is 2.34. The molecule has 1 aliphatic rings. The van der Waals surface area contributed by atoms with Crippen LogP contribution in [-0.4, -0.2) is 16.6 Å². The molecule has 0 saturated heterocycles. The molecular formula is C15H15NO2S. The molecule has 0 aliphatic carbocycles. The van der Waals surface area contributed by atoms with Crippen LogP contribution in [0.3, 0.4) is 0 Å². The van der Waals surface area contributed by atoms with E-state index in [0.717, 1.165) is 11.3 Å². The molecule has 1 heterocycles. The summed E-state index contributed by atoms with van der Waals surface area (Å²) in [5.41, 5.74) is 7.60. The molecule has 4 heteroatoms. The summed E-state index contributed by atoms with van der Waals surface area (Å²) in [5.74, 6) is 1.63. The molecule has 3 rings (SSSR count). The van der Waals surface area contributed by atoms with Gasteiger partial charge in [-0.05, 0) is 18.2 Å². The SMILES string of the molecule is Nc1ccccc1S(=O)CC1COc2ccccc21. The van der Waals surface area contributed by atoms with Gasteiger partial charge >= 0.3 is 0 Å². The smallest absolute Gasteiger partial charge is 0.122 e. The van der Waals surface area contributed by atoms with E-state index in [1.807, 2.05) is 42.5 Å². The maximum atomic E-state index is 12.4. The van der Waals surface area contributed by atoms with Gasteiger partial charge in [0.1, 0.15) is 5.75 Å². The van der Waals surface area contributed by atoms with E-state index in [1.54, 1.807) is 6.07 Å². The van der Waals surface area contributed by atoms with Crippen LogP contribution >= 0.6 is 0 Å². The summed E-state index contributed by atoms with van der Waals surface area (Å²) < 4.78 is 18.0. The van der Waals surface area contributed by atoms with Crippen molar-refractivity contribution in [2.75, 3.05) is 18.1 Å². The van der Waals surface area contributed by atoms with Gasteiger partial charge < -0.3 is 10.5 Å². The van der Waals surface area contributed by atoms with Crippen LogP contribution in [0.1, 0.15) is 11.5 Å². The lowest BCUT2D eigenvalue weighted by Crippen LogP contribution is -2.12. The maximum Gasteiger partial charge on any atom is 0.122 e. The van der Waals surface area contributed by atoms with Crippen molar-refractivity contribution in [1.29, 1.82) is 0 Å². The van der Waals surface area contributed by atoms with Gasteiger partial charge in [0.15, 0.2) is 0 Å². The Morgan fingerprint density at radius 3 is 2.74 bits per heavy atom. The zero-order chi connectivity index (χ0) is 13.2. The van der Waals surface area contributed by atoms with Gasteiger partial charge in [-0.25, -0.2) is 0 Å². The molecule has 0 radical (unpaired) electrons. The second-order valence-electron chi connectivity index (χ2n) is 4.60. The normalized spacial score (nSPS) is 18.6. The third kappa shape index (κ3) is 2.36. The van der Waals surface area contributed by atoms with Crippen molar-refractivity contribution in [2.45, 2.75) is 10.8 Å². The predicted octanol–water partition coefficient (Wildman–Crippen LogP) is 2.55. The second kappa shape index (κ2) is 5.05. The Labute approximate surface area is 114 Å². The van der Waals surface area contributed by atoms with Gasteiger partial charge in [-0.2, -0.15) is 0 Å². The number of nitrogens with two attached hydrogens (primary N) is 1. The van der Waals surface area contributed by atoms with Gasteiger partial charge in [0.2, 0.25) is 0 Å². The summed E-state index contributed by atoms with van der Waals surface area (Å²) >= 11 is 0. The van der Waals surface area contributed by atoms with Gasteiger partial charge in [0.25, 0.3) is 0 Å². The number of rotatable bonds is 3. The molecule has 0 aromatic heterocycles. The van der Waals surface area contributed by atoms with E-state index in [4.69, 9.17) is 10.5 Å². The monoisotopic (exact) mass is 273 g/mol. The van der Waals surface area contributed by atoms with Crippen LogP contribution in [0.5, 0.6) is 5.75 Å².